The van der Waals surface area contributed by atoms with E-state index in [1.165, 1.54) is 11.1 Å². The molecular weight excluding hydrogens is 224 g/mol. The van der Waals surface area contributed by atoms with Gasteiger partial charge in [0.15, 0.2) is 5.78 Å². The van der Waals surface area contributed by atoms with Crippen molar-refractivity contribution in [3.63, 3.8) is 0 Å². The quantitative estimate of drug-likeness (QED) is 0.807. The van der Waals surface area contributed by atoms with Gasteiger partial charge in [0.05, 0.1) is 7.11 Å². The summed E-state index contributed by atoms with van der Waals surface area (Å²) in [5.74, 6) is 1.19. The first-order chi connectivity index (χ1) is 8.78. The van der Waals surface area contributed by atoms with Crippen LogP contribution >= 0.6 is 0 Å². The summed E-state index contributed by atoms with van der Waals surface area (Å²) in [5, 5.41) is 0. The zero-order valence-corrected chi connectivity index (χ0v) is 10.9. The molecule has 0 fully saturated rings. The van der Waals surface area contributed by atoms with Gasteiger partial charge in [-0.2, -0.15) is 0 Å². The van der Waals surface area contributed by atoms with Gasteiger partial charge in [-0.1, -0.05) is 17.7 Å². The topological polar surface area (TPSA) is 26.3 Å². The molecule has 0 spiro atoms. The van der Waals surface area contributed by atoms with E-state index in [-0.39, 0.29) is 0 Å². The summed E-state index contributed by atoms with van der Waals surface area (Å²) in [5.41, 5.74) is 2.61. The molecule has 0 aromatic heterocycles. The molecule has 96 valence electrons. The number of rotatable bonds is 4. The molecule has 1 aromatic carbocycles. The molecule has 1 aliphatic carbocycles. The second kappa shape index (κ2) is 6.39. The van der Waals surface area contributed by atoms with E-state index in [4.69, 9.17) is 4.74 Å². The lowest BCUT2D eigenvalue weighted by molar-refractivity contribution is -0.114. The van der Waals surface area contributed by atoms with Crippen LogP contribution in [-0.2, 0) is 11.2 Å². The number of ether oxygens (including phenoxy) is 1. The van der Waals surface area contributed by atoms with Crippen LogP contribution in [0.15, 0.2) is 35.9 Å². The molecule has 0 heterocycles. The van der Waals surface area contributed by atoms with Crippen LogP contribution in [0.3, 0.4) is 0 Å². The highest BCUT2D eigenvalue weighted by Gasteiger charge is 2.08. The molecule has 0 radical (unpaired) electrons. The van der Waals surface area contributed by atoms with E-state index in [0.29, 0.717) is 5.78 Å². The molecule has 0 atom stereocenters. The molecule has 2 rings (SSSR count). The van der Waals surface area contributed by atoms with Crippen LogP contribution in [0.1, 0.15) is 37.7 Å². The van der Waals surface area contributed by atoms with E-state index in [1.807, 2.05) is 18.2 Å². The first-order valence-electron chi connectivity index (χ1n) is 6.63. The summed E-state index contributed by atoms with van der Waals surface area (Å²) in [6.45, 7) is 0. The third-order valence-corrected chi connectivity index (χ3v) is 3.43. The molecule has 2 heteroatoms. The highest BCUT2D eigenvalue weighted by molar-refractivity contribution is 5.90. The van der Waals surface area contributed by atoms with Crippen LogP contribution in [0.2, 0.25) is 0 Å². The first-order valence-corrected chi connectivity index (χ1v) is 6.63. The van der Waals surface area contributed by atoms with Crippen molar-refractivity contribution in [2.75, 3.05) is 7.11 Å². The number of allylic oxidation sites excluding steroid dienone is 2. The van der Waals surface area contributed by atoms with Crippen molar-refractivity contribution in [3.05, 3.63) is 41.5 Å². The average molecular weight is 244 g/mol. The molecule has 0 N–H and O–H groups in total. The van der Waals surface area contributed by atoms with Crippen LogP contribution in [0.4, 0.5) is 0 Å². The van der Waals surface area contributed by atoms with E-state index in [9.17, 15) is 4.79 Å². The Bertz CT molecular complexity index is 429. The number of benzene rings is 1. The number of hydrogen-bond donors (Lipinski definition) is 0. The van der Waals surface area contributed by atoms with Gasteiger partial charge in [-0.3, -0.25) is 4.79 Å². The molecule has 0 aliphatic heterocycles. The Morgan fingerprint density at radius 1 is 1.06 bits per heavy atom. The highest BCUT2D eigenvalue weighted by Crippen LogP contribution is 2.20. The van der Waals surface area contributed by atoms with Crippen LogP contribution in [-0.4, -0.2) is 12.9 Å². The minimum Gasteiger partial charge on any atom is -0.497 e. The second-order valence-corrected chi connectivity index (χ2v) is 4.82. The van der Waals surface area contributed by atoms with Gasteiger partial charge in [0.25, 0.3) is 0 Å². The van der Waals surface area contributed by atoms with Gasteiger partial charge < -0.3 is 4.74 Å². The van der Waals surface area contributed by atoms with Crippen LogP contribution in [0, 0.1) is 0 Å². The Morgan fingerprint density at radius 3 is 2.50 bits per heavy atom. The SMILES string of the molecule is COc1ccc(CCC2=CC(=O)CCCC2)cc1. The molecule has 18 heavy (non-hydrogen) atoms. The summed E-state index contributed by atoms with van der Waals surface area (Å²) in [6, 6.07) is 8.17. The lowest BCUT2D eigenvalue weighted by atomic mass is 10.0. The summed E-state index contributed by atoms with van der Waals surface area (Å²) < 4.78 is 5.14. The fraction of sp³-hybridized carbons (Fsp3) is 0.438. The number of carbonyl (C=O) groups is 1. The number of methoxy groups -OCH3 is 1. The maximum Gasteiger partial charge on any atom is 0.155 e. The Hall–Kier alpha value is -1.57. The molecule has 0 saturated heterocycles. The maximum absolute atomic E-state index is 11.5. The first kappa shape index (κ1) is 12.9. The highest BCUT2D eigenvalue weighted by atomic mass is 16.5. The van der Waals surface area contributed by atoms with Crippen LogP contribution in [0.5, 0.6) is 5.75 Å². The summed E-state index contributed by atoms with van der Waals surface area (Å²) in [4.78, 5) is 11.5. The third kappa shape index (κ3) is 3.73. The van der Waals surface area contributed by atoms with E-state index >= 15 is 0 Å². The van der Waals surface area contributed by atoms with Crippen molar-refractivity contribution < 1.29 is 9.53 Å². The van der Waals surface area contributed by atoms with Gasteiger partial charge in [0.2, 0.25) is 0 Å². The average Bonchev–Trinajstić information content (AvgIpc) is 2.61. The molecule has 0 saturated carbocycles. The van der Waals surface area contributed by atoms with E-state index in [1.54, 1.807) is 7.11 Å². The molecular formula is C16H20O2. The van der Waals surface area contributed by atoms with Gasteiger partial charge in [-0.15, -0.1) is 0 Å². The Kier molecular flexibility index (Phi) is 4.57. The molecule has 0 amide bonds. The maximum atomic E-state index is 11.5. The summed E-state index contributed by atoms with van der Waals surface area (Å²) in [7, 11) is 1.68. The van der Waals surface area contributed by atoms with Crippen molar-refractivity contribution in [1.82, 2.24) is 0 Å². The predicted octanol–water partition coefficient (Wildman–Crippen LogP) is 3.70. The zero-order chi connectivity index (χ0) is 12.8. The zero-order valence-electron chi connectivity index (χ0n) is 10.9. The van der Waals surface area contributed by atoms with Crippen LogP contribution in [0.25, 0.3) is 0 Å². The van der Waals surface area contributed by atoms with Crippen molar-refractivity contribution in [3.8, 4) is 5.75 Å². The second-order valence-electron chi connectivity index (χ2n) is 4.82. The molecule has 0 bridgehead atoms. The predicted molar refractivity (Wildman–Crippen MR) is 72.9 cm³/mol. The van der Waals surface area contributed by atoms with Gasteiger partial charge in [0.1, 0.15) is 5.75 Å². The monoisotopic (exact) mass is 244 g/mol. The fourth-order valence-electron chi connectivity index (χ4n) is 2.32. The standard InChI is InChI=1S/C16H20O2/c1-18-16-10-8-13(9-11-16)6-7-14-4-2-3-5-15(17)12-14/h8-12H,2-7H2,1H3. The number of aryl methyl sites for hydroxylation is 1. The fourth-order valence-corrected chi connectivity index (χ4v) is 2.32. The van der Waals surface area contributed by atoms with Gasteiger partial charge in [-0.05, 0) is 55.9 Å². The molecule has 1 aromatic rings. The minimum atomic E-state index is 0.303. The minimum absolute atomic E-state index is 0.303. The van der Waals surface area contributed by atoms with E-state index in [2.05, 4.69) is 12.1 Å². The lowest BCUT2D eigenvalue weighted by Crippen LogP contribution is -1.93. The summed E-state index contributed by atoms with van der Waals surface area (Å²) >= 11 is 0. The normalized spacial score (nSPS) is 16.1. The Balaban J connectivity index is 1.91. The van der Waals surface area contributed by atoms with E-state index in [0.717, 1.165) is 44.3 Å². The Labute approximate surface area is 109 Å². The number of ketones is 1. The molecule has 0 unspecified atom stereocenters. The van der Waals surface area contributed by atoms with Crippen molar-refractivity contribution >= 4 is 5.78 Å². The largest absolute Gasteiger partial charge is 0.497 e. The number of carbonyl (C=O) groups excluding carboxylic acids is 1. The van der Waals surface area contributed by atoms with Gasteiger partial charge >= 0.3 is 0 Å². The van der Waals surface area contributed by atoms with Gasteiger partial charge in [0, 0.05) is 6.42 Å². The lowest BCUT2D eigenvalue weighted by Gasteiger charge is -2.06. The Morgan fingerprint density at radius 2 is 1.78 bits per heavy atom. The summed E-state index contributed by atoms with van der Waals surface area (Å²) in [6.07, 6.45) is 7.88. The van der Waals surface area contributed by atoms with Crippen molar-refractivity contribution in [1.29, 1.82) is 0 Å². The smallest absolute Gasteiger partial charge is 0.155 e. The van der Waals surface area contributed by atoms with Gasteiger partial charge in [-0.25, -0.2) is 0 Å². The molecule has 2 nitrogen and oxygen atoms in total. The number of hydrogen-bond acceptors (Lipinski definition) is 2. The van der Waals surface area contributed by atoms with Crippen molar-refractivity contribution in [2.45, 2.75) is 38.5 Å². The molecule has 1 aliphatic rings. The third-order valence-electron chi connectivity index (χ3n) is 3.43. The van der Waals surface area contributed by atoms with E-state index < -0.39 is 0 Å². The van der Waals surface area contributed by atoms with Crippen LogP contribution < -0.4 is 4.74 Å². The van der Waals surface area contributed by atoms with Crippen molar-refractivity contribution in [2.24, 2.45) is 0 Å².